The van der Waals surface area contributed by atoms with Gasteiger partial charge in [-0.25, -0.2) is 4.39 Å². The number of carbonyl (C=O) groups excluding carboxylic acids is 1. The molecule has 0 radical (unpaired) electrons. The number of hydrogen-bond donors (Lipinski definition) is 1. The fraction of sp³-hybridized carbons (Fsp3) is 0.387. The van der Waals surface area contributed by atoms with Crippen LogP contribution in [0.25, 0.3) is 0 Å². The number of nitrogens with one attached hydrogen (secondary N) is 1. The van der Waals surface area contributed by atoms with Gasteiger partial charge in [-0.1, -0.05) is 75.6 Å². The second-order valence-electron chi connectivity index (χ2n) is 10.7. The van der Waals surface area contributed by atoms with Crippen molar-refractivity contribution in [2.75, 3.05) is 19.6 Å². The molecule has 5 nitrogen and oxygen atoms in total. The summed E-state index contributed by atoms with van der Waals surface area (Å²) in [5, 5.41) is 4.94. The van der Waals surface area contributed by atoms with Gasteiger partial charge in [-0.05, 0) is 79.3 Å². The van der Waals surface area contributed by atoms with Crippen molar-refractivity contribution in [1.29, 1.82) is 0 Å². The minimum atomic E-state index is -0.513. The molecule has 2 aliphatic heterocycles. The highest BCUT2D eigenvalue weighted by atomic mass is 127. The quantitative estimate of drug-likeness (QED) is 0.145. The van der Waals surface area contributed by atoms with Crippen LogP contribution in [-0.4, -0.2) is 51.5 Å². The summed E-state index contributed by atoms with van der Waals surface area (Å²) >= 11 is 20.6. The van der Waals surface area contributed by atoms with Gasteiger partial charge in [-0.2, -0.15) is 0 Å². The van der Waals surface area contributed by atoms with Crippen molar-refractivity contribution < 1.29 is 13.9 Å². The maximum absolute atomic E-state index is 15.0. The summed E-state index contributed by atoms with van der Waals surface area (Å²) in [7, 11) is 0. The molecule has 41 heavy (non-hydrogen) atoms. The third-order valence-electron chi connectivity index (χ3n) is 7.69. The van der Waals surface area contributed by atoms with E-state index in [-0.39, 0.29) is 27.9 Å². The van der Waals surface area contributed by atoms with Crippen LogP contribution in [0.4, 0.5) is 4.39 Å². The number of alkyl halides is 1. The summed E-state index contributed by atoms with van der Waals surface area (Å²) in [6, 6.07) is 18.1. The van der Waals surface area contributed by atoms with E-state index in [1.165, 1.54) is 11.6 Å². The van der Waals surface area contributed by atoms with Gasteiger partial charge < -0.3 is 10.1 Å². The summed E-state index contributed by atoms with van der Waals surface area (Å²) in [4.78, 5) is 17.7. The van der Waals surface area contributed by atoms with E-state index >= 15 is 0 Å². The molecule has 0 saturated carbocycles. The fourth-order valence-electron chi connectivity index (χ4n) is 5.36. The van der Waals surface area contributed by atoms with Crippen molar-refractivity contribution in [3.05, 3.63) is 98.2 Å². The predicted molar refractivity (Wildman–Crippen MR) is 172 cm³/mol. The Balaban J connectivity index is 1.08. The molecule has 0 aromatic heterocycles. The van der Waals surface area contributed by atoms with Gasteiger partial charge in [0.1, 0.15) is 6.10 Å². The number of piperidine rings is 2. The summed E-state index contributed by atoms with van der Waals surface area (Å²) in [5.41, 5.74) is 2.63. The predicted octanol–water partition coefficient (Wildman–Crippen LogP) is 7.98. The lowest BCUT2D eigenvalue weighted by atomic mass is 10.0. The van der Waals surface area contributed by atoms with E-state index in [0.717, 1.165) is 69.0 Å². The number of rotatable bonds is 8. The van der Waals surface area contributed by atoms with E-state index in [4.69, 9.17) is 39.5 Å². The van der Waals surface area contributed by atoms with Gasteiger partial charge in [0.05, 0.1) is 14.1 Å². The first-order chi connectivity index (χ1) is 19.7. The van der Waals surface area contributed by atoms with E-state index < -0.39 is 5.82 Å². The average Bonchev–Trinajstić information content (AvgIpc) is 2.95. The van der Waals surface area contributed by atoms with Gasteiger partial charge in [-0.15, -0.1) is 0 Å². The Morgan fingerprint density at radius 1 is 0.902 bits per heavy atom. The number of halogens is 5. The van der Waals surface area contributed by atoms with Gasteiger partial charge in [0.25, 0.3) is 5.91 Å². The van der Waals surface area contributed by atoms with E-state index in [9.17, 15) is 9.18 Å². The summed E-state index contributed by atoms with van der Waals surface area (Å²) in [6.45, 7) is 4.16. The van der Waals surface area contributed by atoms with E-state index in [0.29, 0.717) is 15.6 Å². The first kappa shape index (κ1) is 30.8. The van der Waals surface area contributed by atoms with Gasteiger partial charge in [0.15, 0.2) is 11.6 Å². The molecule has 0 aliphatic carbocycles. The van der Waals surface area contributed by atoms with Gasteiger partial charge >= 0.3 is 0 Å². The topological polar surface area (TPSA) is 44.8 Å². The first-order valence-electron chi connectivity index (χ1n) is 13.8. The Labute approximate surface area is 269 Å². The first-order valence-corrected chi connectivity index (χ1v) is 16.2. The summed E-state index contributed by atoms with van der Waals surface area (Å²) < 4.78 is 21.3. The minimum Gasteiger partial charge on any atom is -0.487 e. The molecule has 2 unspecified atom stereocenters. The molecule has 0 bridgehead atoms. The Hall–Kier alpha value is -1.62. The fourth-order valence-corrected chi connectivity index (χ4v) is 6.90. The van der Waals surface area contributed by atoms with Crippen LogP contribution in [0.1, 0.15) is 47.2 Å². The average molecular weight is 731 g/mol. The Morgan fingerprint density at radius 3 is 2.32 bits per heavy atom. The summed E-state index contributed by atoms with van der Waals surface area (Å²) in [5.74, 6) is -0.585. The van der Waals surface area contributed by atoms with Crippen molar-refractivity contribution in [2.45, 2.75) is 55.0 Å². The number of nitrogens with zero attached hydrogens (tertiary/aromatic N) is 2. The molecular formula is C31H32Cl3FIN3O2. The van der Waals surface area contributed by atoms with Gasteiger partial charge in [0.2, 0.25) is 0 Å². The Morgan fingerprint density at radius 2 is 1.63 bits per heavy atom. The zero-order valence-electron chi connectivity index (χ0n) is 22.5. The second-order valence-corrected chi connectivity index (χ2v) is 13.4. The molecule has 0 spiro atoms. The molecular weight excluding hydrogens is 699 g/mol. The number of ether oxygens (including phenoxy) is 1. The Bertz CT molecular complexity index is 1350. The number of amides is 1. The molecule has 2 saturated heterocycles. The van der Waals surface area contributed by atoms with Crippen molar-refractivity contribution in [3.63, 3.8) is 0 Å². The number of carbonyl (C=O) groups is 1. The lowest BCUT2D eigenvalue weighted by Crippen LogP contribution is -2.47. The van der Waals surface area contributed by atoms with Crippen LogP contribution in [0.5, 0.6) is 5.75 Å². The molecule has 218 valence electrons. The molecule has 1 amide bonds. The highest BCUT2D eigenvalue weighted by Crippen LogP contribution is 2.28. The molecule has 10 heteroatoms. The normalized spacial score (nSPS) is 20.6. The number of likely N-dealkylation sites (tertiary alicyclic amines) is 2. The maximum Gasteiger partial charge on any atom is 0.251 e. The van der Waals surface area contributed by atoms with Gasteiger partial charge in [0, 0.05) is 49.4 Å². The van der Waals surface area contributed by atoms with E-state index in [1.807, 2.05) is 42.5 Å². The highest BCUT2D eigenvalue weighted by molar-refractivity contribution is 14.1. The molecule has 1 N–H and O–H groups in total. The molecule has 3 aromatic carbocycles. The summed E-state index contributed by atoms with van der Waals surface area (Å²) in [6.07, 6.45) is 3.17. The molecule has 2 aliphatic rings. The highest BCUT2D eigenvalue weighted by Gasteiger charge is 2.28. The molecule has 5 rings (SSSR count). The Kier molecular flexibility index (Phi) is 10.7. The van der Waals surface area contributed by atoms with Crippen molar-refractivity contribution >= 4 is 63.3 Å². The van der Waals surface area contributed by atoms with Crippen LogP contribution >= 0.6 is 57.4 Å². The largest absolute Gasteiger partial charge is 0.487 e. The molecule has 3 aromatic rings. The van der Waals surface area contributed by atoms with E-state index in [2.05, 4.69) is 37.7 Å². The molecule has 2 fully saturated rings. The number of benzene rings is 3. The lowest BCUT2D eigenvalue weighted by Gasteiger charge is -2.37. The van der Waals surface area contributed by atoms with Gasteiger partial charge in [-0.3, -0.25) is 14.6 Å². The second kappa shape index (κ2) is 14.2. The molecule has 2 atom stereocenters. The maximum atomic E-state index is 15.0. The SMILES string of the molecule is O=C(NC1CCN(Cc2ccc(Cl)cc2)C(I)C1)c1ccc(OC2CCN(Cc3ccc(Cl)c(Cl)c3)CC2)c(F)c1. The van der Waals surface area contributed by atoms with Crippen molar-refractivity contribution in [2.24, 2.45) is 0 Å². The van der Waals surface area contributed by atoms with Crippen LogP contribution < -0.4 is 10.1 Å². The number of hydrogen-bond acceptors (Lipinski definition) is 4. The van der Waals surface area contributed by atoms with Crippen LogP contribution in [0, 0.1) is 5.82 Å². The third-order valence-corrected chi connectivity index (χ3v) is 9.97. The van der Waals surface area contributed by atoms with Crippen LogP contribution in [0.2, 0.25) is 15.1 Å². The lowest BCUT2D eigenvalue weighted by molar-refractivity contribution is 0.0900. The smallest absolute Gasteiger partial charge is 0.251 e. The zero-order valence-corrected chi connectivity index (χ0v) is 26.9. The van der Waals surface area contributed by atoms with E-state index in [1.54, 1.807) is 12.1 Å². The van der Waals surface area contributed by atoms with Crippen LogP contribution in [0.15, 0.2) is 60.7 Å². The zero-order chi connectivity index (χ0) is 28.9. The minimum absolute atomic E-state index is 0.0407. The van der Waals surface area contributed by atoms with Crippen LogP contribution in [0.3, 0.4) is 0 Å². The van der Waals surface area contributed by atoms with Crippen LogP contribution in [-0.2, 0) is 13.1 Å². The molecule has 2 heterocycles. The van der Waals surface area contributed by atoms with Crippen molar-refractivity contribution in [1.82, 2.24) is 15.1 Å². The monoisotopic (exact) mass is 729 g/mol. The standard InChI is InChI=1S/C31H32Cl3FIN3O2/c32-23-5-1-20(2-6-23)19-39-14-9-24(17-30(39)36)37-31(40)22-4-8-29(28(35)16-22)41-25-10-12-38(13-11-25)18-21-3-7-26(33)27(34)15-21/h1-8,15-16,24-25,30H,9-14,17-19H2,(H,37,40). The third kappa shape index (κ3) is 8.48. The van der Waals surface area contributed by atoms with Crippen molar-refractivity contribution in [3.8, 4) is 5.75 Å².